The van der Waals surface area contributed by atoms with Gasteiger partial charge in [-0.3, -0.25) is 18.9 Å². The maximum atomic E-state index is 13.9. The Hall–Kier alpha value is -5.41. The number of hydrogen-bond acceptors (Lipinski definition) is 10. The number of aliphatic carboxylic acids is 1. The number of allylic oxidation sites excluding steroid dienone is 6. The third kappa shape index (κ3) is 7.46. The molecule has 0 fully saturated rings. The number of aliphatic imine (C=N–C) groups is 3. The first-order chi connectivity index (χ1) is 24.4. The van der Waals surface area contributed by atoms with Crippen molar-refractivity contribution in [2.24, 2.45) is 15.0 Å². The summed E-state index contributed by atoms with van der Waals surface area (Å²) in [4.78, 5) is 57.0. The van der Waals surface area contributed by atoms with E-state index in [0.29, 0.717) is 62.2 Å². The van der Waals surface area contributed by atoms with E-state index in [1.165, 1.54) is 7.11 Å². The van der Waals surface area contributed by atoms with Crippen LogP contribution in [0.1, 0.15) is 71.6 Å². The second-order valence-corrected chi connectivity index (χ2v) is 14.3. The van der Waals surface area contributed by atoms with Gasteiger partial charge in [-0.15, -0.1) is 0 Å². The van der Waals surface area contributed by atoms with Crippen LogP contribution in [0.25, 0.3) is 17.9 Å². The fourth-order valence-electron chi connectivity index (χ4n) is 6.71. The maximum Gasteiger partial charge on any atom is 0.310 e. The van der Waals surface area contributed by atoms with E-state index >= 15 is 0 Å². The van der Waals surface area contributed by atoms with E-state index in [9.17, 15) is 37.6 Å². The van der Waals surface area contributed by atoms with E-state index in [0.717, 1.165) is 16.7 Å². The second kappa shape index (κ2) is 14.7. The van der Waals surface area contributed by atoms with Gasteiger partial charge in [-0.2, -0.15) is 8.42 Å². The molecule has 52 heavy (non-hydrogen) atoms. The van der Waals surface area contributed by atoms with E-state index in [1.807, 2.05) is 26.8 Å². The number of aliphatic hydroxyl groups excluding tert-OH is 1. The molecule has 0 unspecified atom stereocenters. The van der Waals surface area contributed by atoms with Gasteiger partial charge in [0.25, 0.3) is 16.0 Å². The lowest BCUT2D eigenvalue weighted by Crippen LogP contribution is -2.31. The summed E-state index contributed by atoms with van der Waals surface area (Å²) in [5.41, 5.74) is 7.35. The van der Waals surface area contributed by atoms with Crippen LogP contribution in [0.3, 0.4) is 0 Å². The molecule has 4 aliphatic heterocycles. The summed E-state index contributed by atoms with van der Waals surface area (Å²) in [7, 11) is -3.17. The number of amides is 1. The zero-order chi connectivity index (χ0) is 38.2. The van der Waals surface area contributed by atoms with Gasteiger partial charge in [0.15, 0.2) is 0 Å². The van der Waals surface area contributed by atoms with Crippen LogP contribution in [0, 0.1) is 6.92 Å². The molecule has 8 bridgehead atoms. The zero-order valence-corrected chi connectivity index (χ0v) is 30.8. The highest BCUT2D eigenvalue weighted by Crippen LogP contribution is 2.39. The number of nitrogens with one attached hydrogen (secondary N) is 2. The topological polar surface area (TPSA) is 220 Å². The summed E-state index contributed by atoms with van der Waals surface area (Å²) in [5.74, 6) is -3.07. The molecular weight excluding hydrogens is 691 g/mol. The Kier molecular flexibility index (Phi) is 10.7. The quantitative estimate of drug-likeness (QED) is 0.176. The van der Waals surface area contributed by atoms with Crippen molar-refractivity contribution < 1.29 is 42.3 Å². The Bertz CT molecular complexity index is 2350. The number of ether oxygens (including phenoxy) is 1. The molecule has 0 atom stereocenters. The first-order valence-electron chi connectivity index (χ1n) is 16.6. The SMILES string of the molecule is CCC1=C(C)C2=NC1=CC1=NC(=C(CC(=O)OC)C3=NC(=Cc4[nH]c(/c(=C(/C)O)c4C)=C2)C(C)=C3CCC(=O)O)C(C(=O)NCCS(=O)(=O)O)=C1C. The van der Waals surface area contributed by atoms with Gasteiger partial charge in [0, 0.05) is 29.5 Å². The van der Waals surface area contributed by atoms with Crippen molar-refractivity contribution in [1.82, 2.24) is 10.3 Å². The number of rotatable bonds is 10. The van der Waals surface area contributed by atoms with Crippen LogP contribution in [0.5, 0.6) is 0 Å². The molecule has 0 aromatic carbocycles. The standard InChI is InChI=1S/C37H41N5O9S/c1-8-22-17(2)25-16-30-33(21(6)43)19(4)27(40-30)14-26-18(3)23(9-10-31(44)45)35(41-26)24(13-32(46)51-7)36-34(37(47)38-11-12-52(48,49)50)20(5)28(42-36)15-29(22)39-25/h14-16,40,43H,8-13H2,1-7H3,(H,38,47)(H,44,45)(H,48,49,50)/b26-14?,29-15?,30-16?,33-21-,36-24?. The first-order valence-corrected chi connectivity index (χ1v) is 18.2. The van der Waals surface area contributed by atoms with Crippen LogP contribution >= 0.6 is 0 Å². The number of carbonyl (C=O) groups is 3. The lowest BCUT2D eigenvalue weighted by atomic mass is 9.90. The van der Waals surface area contributed by atoms with Crippen molar-refractivity contribution in [3.63, 3.8) is 0 Å². The van der Waals surface area contributed by atoms with Crippen molar-refractivity contribution in [1.29, 1.82) is 0 Å². The minimum atomic E-state index is -4.39. The number of carbonyl (C=O) groups excluding carboxylic acids is 2. The molecule has 0 aliphatic carbocycles. The summed E-state index contributed by atoms with van der Waals surface area (Å²) in [6.07, 6.45) is 5.38. The number of esters is 1. The molecule has 274 valence electrons. The third-order valence-electron chi connectivity index (χ3n) is 9.42. The predicted octanol–water partition coefficient (Wildman–Crippen LogP) is 3.44. The number of fused-ring (bicyclic) bond motifs is 5. The largest absolute Gasteiger partial charge is 0.512 e. The Labute approximate surface area is 300 Å². The Balaban J connectivity index is 1.91. The number of H-pyrrole nitrogens is 1. The molecule has 0 radical (unpaired) electrons. The van der Waals surface area contributed by atoms with Crippen LogP contribution in [0.4, 0.5) is 0 Å². The van der Waals surface area contributed by atoms with Gasteiger partial charge in [0.05, 0.1) is 70.2 Å². The second-order valence-electron chi connectivity index (χ2n) is 12.8. The Morgan fingerprint density at radius 2 is 1.60 bits per heavy atom. The monoisotopic (exact) mass is 731 g/mol. The molecule has 4 aliphatic rings. The molecule has 5 N–H and O–H groups in total. The van der Waals surface area contributed by atoms with Crippen LogP contribution in [-0.2, 0) is 29.2 Å². The number of hydrogen-bond donors (Lipinski definition) is 5. The van der Waals surface area contributed by atoms with Gasteiger partial charge < -0.3 is 25.3 Å². The summed E-state index contributed by atoms with van der Waals surface area (Å²) in [5, 5.41) is 24.2. The summed E-state index contributed by atoms with van der Waals surface area (Å²) in [6, 6.07) is 0. The molecule has 0 saturated carbocycles. The number of carboxylic acid groups (broad SMARTS) is 1. The average molecular weight is 732 g/mol. The van der Waals surface area contributed by atoms with Gasteiger partial charge >= 0.3 is 11.9 Å². The molecule has 14 nitrogen and oxygen atoms in total. The molecule has 1 amide bonds. The Morgan fingerprint density at radius 1 is 0.904 bits per heavy atom. The minimum Gasteiger partial charge on any atom is -0.512 e. The highest BCUT2D eigenvalue weighted by atomic mass is 32.2. The van der Waals surface area contributed by atoms with Crippen molar-refractivity contribution >= 4 is 63.0 Å². The van der Waals surface area contributed by atoms with E-state index in [4.69, 9.17) is 19.7 Å². The van der Waals surface area contributed by atoms with E-state index < -0.39 is 46.7 Å². The van der Waals surface area contributed by atoms with Gasteiger partial charge in [-0.1, -0.05) is 6.92 Å². The van der Waals surface area contributed by atoms with Gasteiger partial charge in [0.2, 0.25) is 0 Å². The van der Waals surface area contributed by atoms with Gasteiger partial charge in [-0.25, -0.2) is 15.0 Å². The van der Waals surface area contributed by atoms with Crippen molar-refractivity contribution in [2.45, 2.75) is 67.2 Å². The molecule has 1 aromatic rings. The fraction of sp³-hybridized carbons (Fsp3) is 0.351. The van der Waals surface area contributed by atoms with E-state index in [2.05, 4.69) is 10.3 Å². The number of aromatic amines is 1. The predicted molar refractivity (Wildman–Crippen MR) is 198 cm³/mol. The smallest absolute Gasteiger partial charge is 0.310 e. The number of carboxylic acids is 1. The number of aliphatic hydroxyl groups is 1. The Morgan fingerprint density at radius 3 is 2.21 bits per heavy atom. The van der Waals surface area contributed by atoms with E-state index in [1.54, 1.807) is 32.9 Å². The molecule has 0 spiro atoms. The first kappa shape index (κ1) is 37.8. The summed E-state index contributed by atoms with van der Waals surface area (Å²) < 4.78 is 37.3. The van der Waals surface area contributed by atoms with Crippen LogP contribution in [0.15, 0.2) is 77.2 Å². The molecule has 0 saturated heterocycles. The molecule has 5 rings (SSSR count). The lowest BCUT2D eigenvalue weighted by molar-refractivity contribution is -0.140. The van der Waals surface area contributed by atoms with Crippen molar-refractivity contribution in [2.75, 3.05) is 19.4 Å². The lowest BCUT2D eigenvalue weighted by Gasteiger charge is -2.15. The number of methoxy groups -OCH3 is 1. The summed E-state index contributed by atoms with van der Waals surface area (Å²) in [6.45, 7) is 10.4. The molecular formula is C37H41N5O9S. The third-order valence-corrected chi connectivity index (χ3v) is 10.1. The number of nitrogens with zero attached hydrogens (tertiary/aromatic N) is 3. The van der Waals surface area contributed by atoms with Gasteiger partial charge in [-0.05, 0) is 99.1 Å². The van der Waals surface area contributed by atoms with Crippen molar-refractivity contribution in [3.05, 3.63) is 84.0 Å². The molecule has 1 aromatic heterocycles. The zero-order valence-electron chi connectivity index (χ0n) is 30.0. The highest BCUT2D eigenvalue weighted by molar-refractivity contribution is 7.85. The molecule has 15 heteroatoms. The minimum absolute atomic E-state index is 0.0349. The van der Waals surface area contributed by atoms with Crippen LogP contribution in [-0.4, -0.2) is 82.6 Å². The maximum absolute atomic E-state index is 13.9. The highest BCUT2D eigenvalue weighted by Gasteiger charge is 2.35. The van der Waals surface area contributed by atoms with Gasteiger partial charge in [0.1, 0.15) is 0 Å². The summed E-state index contributed by atoms with van der Waals surface area (Å²) >= 11 is 0. The average Bonchev–Trinajstić information content (AvgIpc) is 3.74. The molecule has 5 heterocycles. The van der Waals surface area contributed by atoms with Crippen molar-refractivity contribution in [3.8, 4) is 0 Å². The fourth-order valence-corrected chi connectivity index (χ4v) is 7.07. The van der Waals surface area contributed by atoms with Crippen LogP contribution in [0.2, 0.25) is 0 Å². The number of aromatic nitrogens is 1. The van der Waals surface area contributed by atoms with Crippen LogP contribution < -0.4 is 15.9 Å². The van der Waals surface area contributed by atoms with E-state index in [-0.39, 0.29) is 41.2 Å². The normalized spacial score (nSPS) is 17.8.